The Morgan fingerprint density at radius 3 is 2.62 bits per heavy atom. The highest BCUT2D eigenvalue weighted by molar-refractivity contribution is 7.13. The number of rotatable bonds is 2. The lowest BCUT2D eigenvalue weighted by molar-refractivity contribution is -0.116. The molecule has 0 saturated carbocycles. The van der Waals surface area contributed by atoms with Gasteiger partial charge in [0.15, 0.2) is 5.13 Å². The first-order chi connectivity index (χ1) is 14.1. The summed E-state index contributed by atoms with van der Waals surface area (Å²) in [7, 11) is 0. The van der Waals surface area contributed by atoms with Crippen molar-refractivity contribution in [3.8, 4) is 0 Å². The summed E-state index contributed by atoms with van der Waals surface area (Å²) in [6, 6.07) is 5.53. The van der Waals surface area contributed by atoms with Gasteiger partial charge >= 0.3 is 0 Å². The molecule has 3 aliphatic heterocycles. The quantitative estimate of drug-likeness (QED) is 0.752. The van der Waals surface area contributed by atoms with E-state index in [2.05, 4.69) is 14.8 Å². The number of fused-ring (bicyclic) bond motifs is 2. The first-order valence-electron chi connectivity index (χ1n) is 10.5. The molecule has 5 rings (SSSR count). The average molecular weight is 415 g/mol. The molecule has 154 valence electrons. The van der Waals surface area contributed by atoms with Crippen LogP contribution < -0.4 is 9.80 Å². The highest BCUT2D eigenvalue weighted by atomic mass is 32.1. The summed E-state index contributed by atoms with van der Waals surface area (Å²) in [5.41, 5.74) is 1.84. The fraction of sp³-hybridized carbons (Fsp3) is 0.545. The smallest absolute Gasteiger partial charge is 0.223 e. The van der Waals surface area contributed by atoms with E-state index in [1.807, 2.05) is 16.5 Å². The third-order valence-corrected chi connectivity index (χ3v) is 7.92. The van der Waals surface area contributed by atoms with E-state index in [1.165, 1.54) is 6.07 Å². The van der Waals surface area contributed by atoms with Crippen LogP contribution in [0, 0.1) is 5.82 Å². The number of piperidine rings is 2. The lowest BCUT2D eigenvalue weighted by Gasteiger charge is -2.45. The van der Waals surface area contributed by atoms with Crippen molar-refractivity contribution in [3.05, 3.63) is 41.2 Å². The van der Waals surface area contributed by atoms with E-state index in [4.69, 9.17) is 0 Å². The minimum absolute atomic E-state index is 0.0479. The lowest BCUT2D eigenvalue weighted by atomic mass is 9.74. The number of carbonyl (C=O) groups is 1. The molecular weight excluding hydrogens is 387 g/mol. The van der Waals surface area contributed by atoms with Crippen LogP contribution in [0.3, 0.4) is 0 Å². The Kier molecular flexibility index (Phi) is 4.82. The first kappa shape index (κ1) is 19.0. The van der Waals surface area contributed by atoms with Crippen LogP contribution in [0.2, 0.25) is 0 Å². The van der Waals surface area contributed by atoms with Gasteiger partial charge in [0.05, 0.1) is 0 Å². The summed E-state index contributed by atoms with van der Waals surface area (Å²) in [4.78, 5) is 23.5. The van der Waals surface area contributed by atoms with Crippen LogP contribution in [-0.2, 0) is 10.2 Å². The van der Waals surface area contributed by atoms with Gasteiger partial charge < -0.3 is 14.7 Å². The molecule has 0 aliphatic carbocycles. The van der Waals surface area contributed by atoms with Gasteiger partial charge in [-0.25, -0.2) is 9.37 Å². The molecule has 2 saturated heterocycles. The third-order valence-electron chi connectivity index (χ3n) is 7.09. The van der Waals surface area contributed by atoms with Gasteiger partial charge in [-0.1, -0.05) is 0 Å². The van der Waals surface area contributed by atoms with Crippen LogP contribution >= 0.6 is 11.3 Å². The molecule has 3 aliphatic rings. The monoisotopic (exact) mass is 414 g/mol. The average Bonchev–Trinajstić information content (AvgIpc) is 3.37. The maximum absolute atomic E-state index is 14.0. The van der Waals surface area contributed by atoms with E-state index in [0.717, 1.165) is 68.2 Å². The summed E-state index contributed by atoms with van der Waals surface area (Å²) >= 11 is 1.71. The number of anilines is 2. The second-order valence-electron chi connectivity index (χ2n) is 8.62. The van der Waals surface area contributed by atoms with Gasteiger partial charge in [-0.15, -0.1) is 11.3 Å². The zero-order valence-electron chi connectivity index (χ0n) is 16.8. The van der Waals surface area contributed by atoms with Crippen LogP contribution in [0.5, 0.6) is 0 Å². The van der Waals surface area contributed by atoms with E-state index < -0.39 is 0 Å². The van der Waals surface area contributed by atoms with Crippen LogP contribution in [0.1, 0.15) is 38.2 Å². The molecule has 0 atom stereocenters. The largest absolute Gasteiger partial charge is 0.348 e. The van der Waals surface area contributed by atoms with E-state index in [0.29, 0.717) is 12.6 Å². The summed E-state index contributed by atoms with van der Waals surface area (Å²) < 4.78 is 14.0. The number of likely N-dealkylation sites (tertiary alicyclic amines) is 1. The zero-order chi connectivity index (χ0) is 20.0. The molecule has 1 spiro atoms. The van der Waals surface area contributed by atoms with Crippen molar-refractivity contribution >= 4 is 28.1 Å². The second-order valence-corrected chi connectivity index (χ2v) is 9.49. The molecule has 1 aromatic carbocycles. The molecule has 4 heterocycles. The number of hydrogen-bond donors (Lipinski definition) is 0. The number of halogens is 1. The Morgan fingerprint density at radius 2 is 1.97 bits per heavy atom. The molecule has 5 nitrogen and oxygen atoms in total. The minimum Gasteiger partial charge on any atom is -0.348 e. The van der Waals surface area contributed by atoms with Gasteiger partial charge in [-0.2, -0.15) is 0 Å². The van der Waals surface area contributed by atoms with Gasteiger partial charge in [0.25, 0.3) is 0 Å². The predicted molar refractivity (Wildman–Crippen MR) is 114 cm³/mol. The molecule has 0 unspecified atom stereocenters. The molecular formula is C22H27FN4OS. The van der Waals surface area contributed by atoms with Crippen molar-refractivity contribution in [3.63, 3.8) is 0 Å². The van der Waals surface area contributed by atoms with Gasteiger partial charge in [-0.05, 0) is 62.5 Å². The summed E-state index contributed by atoms with van der Waals surface area (Å²) in [6.07, 6.45) is 6.18. The summed E-state index contributed by atoms with van der Waals surface area (Å²) in [5, 5.41) is 3.17. The third kappa shape index (κ3) is 3.34. The Morgan fingerprint density at radius 1 is 1.21 bits per heavy atom. The number of aromatic nitrogens is 1. The maximum atomic E-state index is 14.0. The van der Waals surface area contributed by atoms with Crippen LogP contribution in [0.4, 0.5) is 15.2 Å². The normalized spacial score (nSPS) is 22.3. The van der Waals surface area contributed by atoms with Crippen molar-refractivity contribution in [1.82, 2.24) is 9.88 Å². The molecule has 2 fully saturated rings. The van der Waals surface area contributed by atoms with Crippen LogP contribution in [0.15, 0.2) is 29.8 Å². The molecule has 1 aromatic heterocycles. The fourth-order valence-electron chi connectivity index (χ4n) is 5.46. The molecule has 29 heavy (non-hydrogen) atoms. The number of carbonyl (C=O) groups excluding carboxylic acids is 1. The summed E-state index contributed by atoms with van der Waals surface area (Å²) in [6.45, 7) is 6.46. The van der Waals surface area contributed by atoms with Crippen molar-refractivity contribution in [2.24, 2.45) is 0 Å². The Labute approximate surface area is 175 Å². The van der Waals surface area contributed by atoms with E-state index >= 15 is 0 Å². The Balaban J connectivity index is 1.26. The minimum atomic E-state index is -0.203. The highest BCUT2D eigenvalue weighted by Crippen LogP contribution is 2.47. The van der Waals surface area contributed by atoms with Gasteiger partial charge in [0.1, 0.15) is 5.82 Å². The maximum Gasteiger partial charge on any atom is 0.223 e. The first-order valence-corrected chi connectivity index (χ1v) is 11.4. The Hall–Kier alpha value is -1.99. The highest BCUT2D eigenvalue weighted by Gasteiger charge is 2.46. The zero-order valence-corrected chi connectivity index (χ0v) is 17.6. The van der Waals surface area contributed by atoms with Crippen molar-refractivity contribution in [2.45, 2.75) is 44.1 Å². The topological polar surface area (TPSA) is 39.7 Å². The van der Waals surface area contributed by atoms with Crippen molar-refractivity contribution < 1.29 is 9.18 Å². The molecule has 2 aromatic rings. The lowest BCUT2D eigenvalue weighted by Crippen LogP contribution is -2.51. The standard InChI is InChI=1S/C22H27FN4OS/c1-16(28)27-15-22(19-14-17(23)2-3-20(19)27)6-11-25(12-7-22)18-4-9-26(10-5-18)21-24-8-13-29-21/h2-3,8,13-14,18H,4-7,9-12,15H2,1H3. The number of amides is 1. The molecule has 0 radical (unpaired) electrons. The SMILES string of the molecule is CC(=O)N1CC2(CCN(C3CCN(c4nccs4)CC3)CC2)c2cc(F)ccc21. The summed E-state index contributed by atoms with van der Waals surface area (Å²) in [5.74, 6) is -0.155. The predicted octanol–water partition coefficient (Wildman–Crippen LogP) is 3.65. The molecule has 0 bridgehead atoms. The van der Waals surface area contributed by atoms with Crippen molar-refractivity contribution in [1.29, 1.82) is 0 Å². The molecule has 1 amide bonds. The Bertz CT molecular complexity index is 886. The molecule has 0 N–H and O–H groups in total. The molecule has 7 heteroatoms. The van der Waals surface area contributed by atoms with E-state index in [-0.39, 0.29) is 17.1 Å². The number of hydrogen-bond acceptors (Lipinski definition) is 5. The fourth-order valence-corrected chi connectivity index (χ4v) is 6.16. The van der Waals surface area contributed by atoms with Crippen molar-refractivity contribution in [2.75, 3.05) is 42.5 Å². The van der Waals surface area contributed by atoms with Gasteiger partial charge in [-0.3, -0.25) is 4.79 Å². The second kappa shape index (κ2) is 7.36. The number of nitrogens with zero attached hydrogens (tertiary/aromatic N) is 4. The number of thiazole rings is 1. The van der Waals surface area contributed by atoms with E-state index in [9.17, 15) is 9.18 Å². The van der Waals surface area contributed by atoms with Gasteiger partial charge in [0.2, 0.25) is 5.91 Å². The van der Waals surface area contributed by atoms with E-state index in [1.54, 1.807) is 30.4 Å². The number of benzene rings is 1. The van der Waals surface area contributed by atoms with Crippen LogP contribution in [-0.4, -0.2) is 54.6 Å². The van der Waals surface area contributed by atoms with Gasteiger partial charge in [0, 0.05) is 55.3 Å². The van der Waals surface area contributed by atoms with Crippen LogP contribution in [0.25, 0.3) is 0 Å².